The number of methoxy groups -OCH3 is 2. The van der Waals surface area contributed by atoms with Crippen LogP contribution < -0.4 is 4.90 Å². The number of anilines is 1. The van der Waals surface area contributed by atoms with Gasteiger partial charge in [0.1, 0.15) is 16.8 Å². The van der Waals surface area contributed by atoms with Crippen molar-refractivity contribution < 1.29 is 38.2 Å². The molecule has 1 aromatic rings. The normalized spacial score (nSPS) is 23.6. The smallest absolute Gasteiger partial charge is 0.421 e. The van der Waals surface area contributed by atoms with Gasteiger partial charge in [-0.25, -0.2) is 9.69 Å². The molecule has 2 amide bonds. The minimum atomic E-state index is -2.23. The molecule has 30 heavy (non-hydrogen) atoms. The average Bonchev–Trinajstić information content (AvgIpc) is 3.24. The first kappa shape index (κ1) is 21.5. The van der Waals surface area contributed by atoms with Gasteiger partial charge in [-0.2, -0.15) is 0 Å². The predicted octanol–water partition coefficient (Wildman–Crippen LogP) is 1.76. The van der Waals surface area contributed by atoms with E-state index in [0.717, 1.165) is 19.1 Å². The number of carbonyl (C=O) groups excluding carboxylic acids is 5. The molecule has 1 aliphatic carbocycles. The number of carbonyl (C=O) groups is 5. The molecule has 160 valence electrons. The van der Waals surface area contributed by atoms with E-state index in [1.807, 2.05) is 0 Å². The summed E-state index contributed by atoms with van der Waals surface area (Å²) in [6.45, 7) is 6.08. The lowest BCUT2D eigenvalue weighted by Gasteiger charge is -2.24. The molecule has 0 radical (unpaired) electrons. The number of hydrogen-bond donors (Lipinski definition) is 0. The molecule has 1 heterocycles. The van der Waals surface area contributed by atoms with Crippen LogP contribution in [0, 0.1) is 11.3 Å². The first-order chi connectivity index (χ1) is 13.9. The van der Waals surface area contributed by atoms with Crippen LogP contribution in [0.15, 0.2) is 24.3 Å². The zero-order valence-corrected chi connectivity index (χ0v) is 17.6. The lowest BCUT2D eigenvalue weighted by atomic mass is 9.86. The molecule has 1 spiro atoms. The molecular weight excluding hydrogens is 394 g/mol. The Hall–Kier alpha value is -3.23. The summed E-state index contributed by atoms with van der Waals surface area (Å²) < 4.78 is 15.0. The number of benzene rings is 1. The molecule has 1 aromatic carbocycles. The van der Waals surface area contributed by atoms with E-state index < -0.39 is 52.1 Å². The Bertz CT molecular complexity index is 959. The lowest BCUT2D eigenvalue weighted by molar-refractivity contribution is -0.164. The molecule has 2 unspecified atom stereocenters. The van der Waals surface area contributed by atoms with Gasteiger partial charge >= 0.3 is 18.0 Å². The Morgan fingerprint density at radius 3 is 2.00 bits per heavy atom. The van der Waals surface area contributed by atoms with Crippen LogP contribution in [0.5, 0.6) is 0 Å². The van der Waals surface area contributed by atoms with Crippen LogP contribution in [0.2, 0.25) is 0 Å². The number of esters is 2. The van der Waals surface area contributed by atoms with Gasteiger partial charge in [0.15, 0.2) is 5.41 Å². The topological polar surface area (TPSA) is 116 Å². The van der Waals surface area contributed by atoms with Crippen LogP contribution in [0.1, 0.15) is 33.3 Å². The highest BCUT2D eigenvalue weighted by Crippen LogP contribution is 2.75. The van der Waals surface area contributed by atoms with Crippen LogP contribution in [0.3, 0.4) is 0 Å². The molecule has 0 bridgehead atoms. The van der Waals surface area contributed by atoms with Crippen molar-refractivity contribution in [2.45, 2.75) is 38.7 Å². The summed E-state index contributed by atoms with van der Waals surface area (Å²) in [5.41, 5.74) is -4.76. The molecule has 9 heteroatoms. The highest BCUT2D eigenvalue weighted by molar-refractivity contribution is 6.32. The van der Waals surface area contributed by atoms with E-state index in [1.165, 1.54) is 19.1 Å². The zero-order chi connectivity index (χ0) is 22.6. The maximum absolute atomic E-state index is 13.7. The minimum Gasteiger partial charge on any atom is -0.468 e. The summed E-state index contributed by atoms with van der Waals surface area (Å²) in [6, 6.07) is 6.16. The molecular formula is C21H23NO8. The molecule has 3 rings (SSSR count). The van der Waals surface area contributed by atoms with Gasteiger partial charge in [-0.05, 0) is 39.3 Å². The average molecular weight is 417 g/mol. The maximum Gasteiger partial charge on any atom is 0.421 e. The Labute approximate surface area is 173 Å². The summed E-state index contributed by atoms with van der Waals surface area (Å²) in [4.78, 5) is 65.7. The Kier molecular flexibility index (Phi) is 4.76. The van der Waals surface area contributed by atoms with Gasteiger partial charge < -0.3 is 14.2 Å². The Balaban J connectivity index is 2.30. The lowest BCUT2D eigenvalue weighted by Crippen LogP contribution is -2.45. The second-order valence-electron chi connectivity index (χ2n) is 8.28. The highest BCUT2D eigenvalue weighted by atomic mass is 16.6. The number of Topliss-reactive ketones (excluding diaryl/α,β-unsaturated/α-hetero) is 1. The van der Waals surface area contributed by atoms with Crippen LogP contribution in [-0.2, 0) is 38.8 Å². The predicted molar refractivity (Wildman–Crippen MR) is 102 cm³/mol. The molecule has 9 nitrogen and oxygen atoms in total. The van der Waals surface area contributed by atoms with Crippen molar-refractivity contribution in [3.05, 3.63) is 29.8 Å². The fourth-order valence-electron chi connectivity index (χ4n) is 4.60. The number of ether oxygens (including phenoxy) is 3. The molecule has 0 saturated heterocycles. The van der Waals surface area contributed by atoms with E-state index in [4.69, 9.17) is 14.2 Å². The zero-order valence-electron chi connectivity index (χ0n) is 17.6. The third-order valence-corrected chi connectivity index (χ3v) is 5.51. The number of imide groups is 1. The van der Waals surface area contributed by atoms with Crippen LogP contribution in [0.25, 0.3) is 0 Å². The van der Waals surface area contributed by atoms with Gasteiger partial charge in [0.25, 0.3) is 0 Å². The molecule has 2 aliphatic rings. The summed E-state index contributed by atoms with van der Waals surface area (Å²) in [5.74, 6) is -5.03. The first-order valence-corrected chi connectivity index (χ1v) is 9.27. The maximum atomic E-state index is 13.7. The van der Waals surface area contributed by atoms with Crippen molar-refractivity contribution in [2.75, 3.05) is 19.1 Å². The van der Waals surface area contributed by atoms with Crippen molar-refractivity contribution in [1.29, 1.82) is 0 Å². The molecule has 1 fully saturated rings. The monoisotopic (exact) mass is 417 g/mol. The minimum absolute atomic E-state index is 0.137. The summed E-state index contributed by atoms with van der Waals surface area (Å²) in [6.07, 6.45) is -0.977. The summed E-state index contributed by atoms with van der Waals surface area (Å²) >= 11 is 0. The third kappa shape index (κ3) is 2.44. The van der Waals surface area contributed by atoms with E-state index in [2.05, 4.69) is 0 Å². The van der Waals surface area contributed by atoms with Crippen molar-refractivity contribution in [2.24, 2.45) is 11.3 Å². The standard InChI is InChI=1S/C21H23NO8/c1-11(23)14-20(21(14,16(25)28-5)17(26)29-6)12-9-7-8-10-13(12)22(15(20)24)18(27)30-19(2,3)4/h7-10,14H,1-6H3. The van der Waals surface area contributed by atoms with E-state index >= 15 is 0 Å². The quantitative estimate of drug-likeness (QED) is 0.415. The number of fused-ring (bicyclic) bond motifs is 2. The molecule has 0 N–H and O–H groups in total. The van der Waals surface area contributed by atoms with Crippen molar-refractivity contribution in [3.63, 3.8) is 0 Å². The van der Waals surface area contributed by atoms with E-state index in [9.17, 15) is 24.0 Å². The van der Waals surface area contributed by atoms with Crippen molar-refractivity contribution in [1.82, 2.24) is 0 Å². The van der Waals surface area contributed by atoms with Gasteiger partial charge in [-0.1, -0.05) is 18.2 Å². The Morgan fingerprint density at radius 1 is 1.00 bits per heavy atom. The van der Waals surface area contributed by atoms with E-state index in [0.29, 0.717) is 0 Å². The summed E-state index contributed by atoms with van der Waals surface area (Å²) in [5, 5.41) is 0. The molecule has 1 aliphatic heterocycles. The third-order valence-electron chi connectivity index (χ3n) is 5.51. The largest absolute Gasteiger partial charge is 0.468 e. The van der Waals surface area contributed by atoms with Gasteiger partial charge in [-0.3, -0.25) is 19.2 Å². The second-order valence-corrected chi connectivity index (χ2v) is 8.28. The fraction of sp³-hybridized carbons (Fsp3) is 0.476. The molecule has 1 saturated carbocycles. The number of amides is 2. The number of hydrogen-bond acceptors (Lipinski definition) is 8. The highest BCUT2D eigenvalue weighted by Gasteiger charge is 2.94. The van der Waals surface area contributed by atoms with Gasteiger partial charge in [0.2, 0.25) is 5.91 Å². The number of rotatable bonds is 3. The molecule has 2 atom stereocenters. The van der Waals surface area contributed by atoms with Crippen molar-refractivity contribution in [3.8, 4) is 0 Å². The van der Waals surface area contributed by atoms with Gasteiger partial charge in [-0.15, -0.1) is 0 Å². The van der Waals surface area contributed by atoms with Crippen LogP contribution in [-0.4, -0.2) is 49.5 Å². The number of ketones is 1. The van der Waals surface area contributed by atoms with E-state index in [1.54, 1.807) is 32.9 Å². The van der Waals surface area contributed by atoms with Gasteiger partial charge in [0, 0.05) is 0 Å². The van der Waals surface area contributed by atoms with Crippen LogP contribution >= 0.6 is 0 Å². The first-order valence-electron chi connectivity index (χ1n) is 9.27. The number of nitrogens with zero attached hydrogens (tertiary/aromatic N) is 1. The number of para-hydroxylation sites is 1. The SMILES string of the molecule is COC(=O)C1(C(=O)OC)C(C(C)=O)C12C(=O)N(C(=O)OC(C)(C)C)c1ccccc12. The van der Waals surface area contributed by atoms with Gasteiger partial charge in [0.05, 0.1) is 25.8 Å². The summed E-state index contributed by atoms with van der Waals surface area (Å²) in [7, 11) is 2.10. The van der Waals surface area contributed by atoms with Crippen molar-refractivity contribution >= 4 is 35.4 Å². The second kappa shape index (κ2) is 6.65. The van der Waals surface area contributed by atoms with Crippen LogP contribution in [0.4, 0.5) is 10.5 Å². The van der Waals surface area contributed by atoms with E-state index in [-0.39, 0.29) is 11.3 Å². The fourth-order valence-corrected chi connectivity index (χ4v) is 4.60. The molecule has 0 aromatic heterocycles. The Morgan fingerprint density at radius 2 is 1.53 bits per heavy atom.